The number of hydrogen-bond donors (Lipinski definition) is 1. The highest BCUT2D eigenvalue weighted by molar-refractivity contribution is 7.98. The second kappa shape index (κ2) is 8.17. The molecule has 2 nitrogen and oxygen atoms in total. The Morgan fingerprint density at radius 1 is 1.03 bits per heavy atom. The molecule has 0 aliphatic heterocycles. The number of aliphatic hydroxyl groups is 1. The third kappa shape index (κ3) is 3.49. The van der Waals surface area contributed by atoms with Crippen LogP contribution in [0.2, 0.25) is 0 Å². The molecule has 8 heteroatoms. The molecule has 1 N–H and O–H groups in total. The van der Waals surface area contributed by atoms with E-state index in [9.17, 15) is 31.9 Å². The number of benzene rings is 1. The normalized spacial score (nSPS) is 35.4. The molecule has 5 rings (SSSR count). The van der Waals surface area contributed by atoms with E-state index in [1.165, 1.54) is 6.92 Å². The number of alkyl halides is 5. The molecular weight excluding hydrogens is 483 g/mol. The Hall–Kier alpha value is -1.67. The number of carbonyl (C=O) groups excluding carboxylic acids is 1. The maximum atomic E-state index is 15.0. The molecule has 3 unspecified atom stereocenters. The lowest BCUT2D eigenvalue weighted by Crippen LogP contribution is -2.65. The average Bonchev–Trinajstić information content (AvgIpc) is 3.09. The summed E-state index contributed by atoms with van der Waals surface area (Å²) >= 11 is 1.56. The zero-order valence-electron chi connectivity index (χ0n) is 19.7. The minimum absolute atomic E-state index is 0.00894. The molecule has 0 heterocycles. The second-order valence-electron chi connectivity index (χ2n) is 10.7. The molecule has 0 aromatic heterocycles. The molecule has 35 heavy (non-hydrogen) atoms. The standard InChI is InChI=1S/C27H29F5O2S/c1-24-14-21(15-3-7-18(35-2)8-4-15)23-19-10-6-17(33)13-16(19)5-9-20(23)22(24)11-12-25(24,34)26(28,29)27(30,31)32/h3-4,7-8,13,20-22,34H,5-6,9-12,14H2,1-2H3/t20?,21-,22?,24?,25+/m1/s1. The highest BCUT2D eigenvalue weighted by Gasteiger charge is 2.79. The first-order chi connectivity index (χ1) is 16.3. The lowest BCUT2D eigenvalue weighted by molar-refractivity contribution is -0.362. The van der Waals surface area contributed by atoms with Gasteiger partial charge in [-0.2, -0.15) is 22.0 Å². The van der Waals surface area contributed by atoms with Crippen LogP contribution in [0.4, 0.5) is 22.0 Å². The Kier molecular flexibility index (Phi) is 5.83. The van der Waals surface area contributed by atoms with E-state index < -0.39 is 41.4 Å². The first kappa shape index (κ1) is 25.0. The van der Waals surface area contributed by atoms with E-state index >= 15 is 0 Å². The van der Waals surface area contributed by atoms with Gasteiger partial charge < -0.3 is 5.11 Å². The van der Waals surface area contributed by atoms with Crippen LogP contribution in [0.15, 0.2) is 52.0 Å². The maximum Gasteiger partial charge on any atom is 0.456 e. The SMILES string of the molecule is CSc1ccc([C@H]2CC3(C)C(CC[C@@]3(O)C(F)(F)C(F)(F)F)C3CCC4=CC(=O)CCC4=C32)cc1. The van der Waals surface area contributed by atoms with Crippen LogP contribution in [-0.4, -0.2) is 34.8 Å². The van der Waals surface area contributed by atoms with Crippen LogP contribution >= 0.6 is 11.8 Å². The number of allylic oxidation sites excluding steroid dienone is 4. The number of hydrogen-bond acceptors (Lipinski definition) is 3. The minimum atomic E-state index is -5.83. The molecule has 2 fully saturated rings. The molecular formula is C27H29F5O2S. The molecule has 2 saturated carbocycles. The summed E-state index contributed by atoms with van der Waals surface area (Å²) in [5.41, 5.74) is -0.771. The van der Waals surface area contributed by atoms with Gasteiger partial charge in [0.2, 0.25) is 0 Å². The smallest absolute Gasteiger partial charge is 0.383 e. The van der Waals surface area contributed by atoms with Crippen molar-refractivity contribution in [2.24, 2.45) is 17.3 Å². The van der Waals surface area contributed by atoms with Gasteiger partial charge in [0.1, 0.15) is 5.60 Å². The number of thioether (sulfide) groups is 1. The maximum absolute atomic E-state index is 15.0. The van der Waals surface area contributed by atoms with E-state index in [1.54, 1.807) is 17.8 Å². The first-order valence-corrected chi connectivity index (χ1v) is 13.3. The van der Waals surface area contributed by atoms with E-state index in [0.717, 1.165) is 27.2 Å². The van der Waals surface area contributed by atoms with Crippen molar-refractivity contribution < 1.29 is 31.9 Å². The summed E-state index contributed by atoms with van der Waals surface area (Å²) in [7, 11) is 0. The number of rotatable bonds is 3. The Labute approximate surface area is 206 Å². The summed E-state index contributed by atoms with van der Waals surface area (Å²) in [6.45, 7) is 1.45. The summed E-state index contributed by atoms with van der Waals surface area (Å²) in [5.74, 6) is -6.21. The second-order valence-corrected chi connectivity index (χ2v) is 11.6. The van der Waals surface area contributed by atoms with E-state index in [0.29, 0.717) is 25.7 Å². The van der Waals surface area contributed by atoms with Crippen molar-refractivity contribution in [3.63, 3.8) is 0 Å². The monoisotopic (exact) mass is 512 g/mol. The lowest BCUT2D eigenvalue weighted by Gasteiger charge is -2.56. The van der Waals surface area contributed by atoms with Gasteiger partial charge in [0.05, 0.1) is 0 Å². The number of ketones is 1. The molecule has 190 valence electrons. The number of fused-ring (bicyclic) bond motifs is 4. The summed E-state index contributed by atoms with van der Waals surface area (Å²) in [5, 5.41) is 11.3. The van der Waals surface area contributed by atoms with Crippen molar-refractivity contribution in [2.75, 3.05) is 6.26 Å². The van der Waals surface area contributed by atoms with Crippen LogP contribution in [-0.2, 0) is 4.79 Å². The zero-order chi connectivity index (χ0) is 25.4. The quantitative estimate of drug-likeness (QED) is 0.343. The Bertz CT molecular complexity index is 1110. The van der Waals surface area contributed by atoms with Crippen LogP contribution in [0.3, 0.4) is 0 Å². The molecule has 0 saturated heterocycles. The highest BCUT2D eigenvalue weighted by atomic mass is 32.2. The first-order valence-electron chi connectivity index (χ1n) is 12.1. The fourth-order valence-electron chi connectivity index (χ4n) is 7.55. The molecule has 1 aromatic rings. The Balaban J connectivity index is 1.68. The van der Waals surface area contributed by atoms with Gasteiger partial charge in [-0.15, -0.1) is 11.8 Å². The van der Waals surface area contributed by atoms with Crippen molar-refractivity contribution in [2.45, 2.75) is 80.4 Å². The van der Waals surface area contributed by atoms with Crippen LogP contribution < -0.4 is 0 Å². The summed E-state index contributed by atoms with van der Waals surface area (Å²) in [6, 6.07) is 7.72. The third-order valence-corrected chi connectivity index (χ3v) is 10.0. The van der Waals surface area contributed by atoms with Crippen molar-refractivity contribution in [1.82, 2.24) is 0 Å². The van der Waals surface area contributed by atoms with Crippen LogP contribution in [0.1, 0.15) is 63.4 Å². The predicted octanol–water partition coefficient (Wildman–Crippen LogP) is 7.24. The summed E-state index contributed by atoms with van der Waals surface area (Å²) in [4.78, 5) is 13.1. The van der Waals surface area contributed by atoms with Gasteiger partial charge in [-0.1, -0.05) is 24.6 Å². The molecule has 1 aromatic carbocycles. The average molecular weight is 513 g/mol. The molecule has 4 aliphatic rings. The van der Waals surface area contributed by atoms with Gasteiger partial charge in [0.25, 0.3) is 0 Å². The van der Waals surface area contributed by atoms with Crippen molar-refractivity contribution in [1.29, 1.82) is 0 Å². The van der Waals surface area contributed by atoms with E-state index in [-0.39, 0.29) is 24.5 Å². The fraction of sp³-hybridized carbons (Fsp3) is 0.593. The van der Waals surface area contributed by atoms with Crippen LogP contribution in [0, 0.1) is 17.3 Å². The topological polar surface area (TPSA) is 37.3 Å². The lowest BCUT2D eigenvalue weighted by atomic mass is 9.50. The predicted molar refractivity (Wildman–Crippen MR) is 124 cm³/mol. The largest absolute Gasteiger partial charge is 0.456 e. The van der Waals surface area contributed by atoms with Gasteiger partial charge in [0, 0.05) is 22.6 Å². The molecule has 0 radical (unpaired) electrons. The third-order valence-electron chi connectivity index (χ3n) is 9.28. The van der Waals surface area contributed by atoms with Gasteiger partial charge in [-0.05, 0) is 91.5 Å². The van der Waals surface area contributed by atoms with E-state index in [4.69, 9.17) is 0 Å². The van der Waals surface area contributed by atoms with Crippen molar-refractivity contribution >= 4 is 17.5 Å². The number of halogens is 5. The van der Waals surface area contributed by atoms with Gasteiger partial charge in [0.15, 0.2) is 5.78 Å². The van der Waals surface area contributed by atoms with E-state index in [2.05, 4.69) is 0 Å². The van der Waals surface area contributed by atoms with E-state index in [1.807, 2.05) is 30.5 Å². The Morgan fingerprint density at radius 2 is 1.71 bits per heavy atom. The molecule has 0 spiro atoms. The molecule has 4 aliphatic carbocycles. The van der Waals surface area contributed by atoms with Gasteiger partial charge >= 0.3 is 12.1 Å². The zero-order valence-corrected chi connectivity index (χ0v) is 20.5. The minimum Gasteiger partial charge on any atom is -0.383 e. The molecule has 0 amide bonds. The van der Waals surface area contributed by atoms with Gasteiger partial charge in [-0.25, -0.2) is 0 Å². The molecule has 0 bridgehead atoms. The molecule has 5 atom stereocenters. The summed E-state index contributed by atoms with van der Waals surface area (Å²) in [6.07, 6.45) is -0.513. The van der Waals surface area contributed by atoms with Crippen LogP contribution in [0.25, 0.3) is 0 Å². The highest BCUT2D eigenvalue weighted by Crippen LogP contribution is 2.70. The van der Waals surface area contributed by atoms with Crippen molar-refractivity contribution in [3.05, 3.63) is 52.6 Å². The summed E-state index contributed by atoms with van der Waals surface area (Å²) < 4.78 is 70.7. The number of carbonyl (C=O) groups is 1. The van der Waals surface area contributed by atoms with Gasteiger partial charge in [-0.3, -0.25) is 4.79 Å². The van der Waals surface area contributed by atoms with Crippen molar-refractivity contribution in [3.8, 4) is 0 Å². The fourth-order valence-corrected chi connectivity index (χ4v) is 7.96. The van der Waals surface area contributed by atoms with Crippen LogP contribution in [0.5, 0.6) is 0 Å². The Morgan fingerprint density at radius 3 is 2.34 bits per heavy atom.